The number of nitrogens with one attached hydrogen (secondary N) is 1. The van der Waals surface area contributed by atoms with E-state index in [1.807, 2.05) is 68.4 Å². The molecule has 0 radical (unpaired) electrons. The zero-order valence-corrected chi connectivity index (χ0v) is 17.6. The molecule has 4 aromatic rings. The maximum atomic E-state index is 12.9. The summed E-state index contributed by atoms with van der Waals surface area (Å²) in [4.78, 5) is 12.9. The summed E-state index contributed by atoms with van der Waals surface area (Å²) in [7, 11) is 0. The molecule has 0 atom stereocenters. The average molecular weight is 412 g/mol. The fourth-order valence-electron chi connectivity index (χ4n) is 3.40. The van der Waals surface area contributed by atoms with Crippen molar-refractivity contribution >= 4 is 11.6 Å². The fourth-order valence-corrected chi connectivity index (χ4v) is 3.40. The number of aromatic nitrogens is 1. The average Bonchev–Trinajstić information content (AvgIpc) is 3.12. The van der Waals surface area contributed by atoms with Crippen LogP contribution in [0.1, 0.15) is 38.5 Å². The lowest BCUT2D eigenvalue weighted by atomic mass is 10.0. The van der Waals surface area contributed by atoms with Gasteiger partial charge in [-0.2, -0.15) is 0 Å². The van der Waals surface area contributed by atoms with Gasteiger partial charge in [-0.1, -0.05) is 59.8 Å². The molecule has 0 unspecified atom stereocenters. The van der Waals surface area contributed by atoms with Gasteiger partial charge in [0, 0.05) is 11.3 Å². The van der Waals surface area contributed by atoms with Crippen LogP contribution in [-0.2, 0) is 13.0 Å². The second-order valence-electron chi connectivity index (χ2n) is 7.39. The van der Waals surface area contributed by atoms with Crippen molar-refractivity contribution < 1.29 is 14.1 Å². The third kappa shape index (κ3) is 5.01. The first-order chi connectivity index (χ1) is 15.1. The molecule has 156 valence electrons. The highest BCUT2D eigenvalue weighted by atomic mass is 16.5. The Labute approximate surface area is 181 Å². The molecule has 0 spiro atoms. The SMILES string of the molecule is Cc1noc(C)c1COc1cccc(C(=O)Nc2ccccc2Cc2ccccc2)c1. The fraction of sp³-hybridized carbons (Fsp3) is 0.154. The molecule has 0 aliphatic carbocycles. The molecular weight excluding hydrogens is 388 g/mol. The predicted molar refractivity (Wildman–Crippen MR) is 120 cm³/mol. The van der Waals surface area contributed by atoms with Gasteiger partial charge in [-0.15, -0.1) is 0 Å². The second kappa shape index (κ2) is 9.30. The lowest BCUT2D eigenvalue weighted by Gasteiger charge is -2.12. The normalized spacial score (nSPS) is 10.6. The molecule has 0 fully saturated rings. The molecule has 5 nitrogen and oxygen atoms in total. The van der Waals surface area contributed by atoms with Gasteiger partial charge in [0.15, 0.2) is 0 Å². The summed E-state index contributed by atoms with van der Waals surface area (Å²) in [5, 5.41) is 6.98. The molecule has 0 aliphatic rings. The monoisotopic (exact) mass is 412 g/mol. The molecular formula is C26H24N2O3. The van der Waals surface area contributed by atoms with Crippen molar-refractivity contribution in [3.8, 4) is 5.75 Å². The van der Waals surface area contributed by atoms with Crippen LogP contribution >= 0.6 is 0 Å². The molecule has 5 heteroatoms. The lowest BCUT2D eigenvalue weighted by Crippen LogP contribution is -2.13. The number of carbonyl (C=O) groups is 1. The number of nitrogens with zero attached hydrogens (tertiary/aromatic N) is 1. The first-order valence-electron chi connectivity index (χ1n) is 10.2. The van der Waals surface area contributed by atoms with E-state index in [-0.39, 0.29) is 5.91 Å². The van der Waals surface area contributed by atoms with E-state index in [2.05, 4.69) is 22.6 Å². The number of amides is 1. The van der Waals surface area contributed by atoms with Crippen molar-refractivity contribution in [2.45, 2.75) is 26.9 Å². The van der Waals surface area contributed by atoms with Crippen LogP contribution in [0.5, 0.6) is 5.75 Å². The van der Waals surface area contributed by atoms with Crippen molar-refractivity contribution in [1.29, 1.82) is 0 Å². The van der Waals surface area contributed by atoms with E-state index in [9.17, 15) is 4.79 Å². The lowest BCUT2D eigenvalue weighted by molar-refractivity contribution is 0.102. The molecule has 3 aromatic carbocycles. The second-order valence-corrected chi connectivity index (χ2v) is 7.39. The molecule has 0 aliphatic heterocycles. The van der Waals surface area contributed by atoms with Gasteiger partial charge in [-0.05, 0) is 55.7 Å². The van der Waals surface area contributed by atoms with Crippen LogP contribution < -0.4 is 10.1 Å². The Bertz CT molecular complexity index is 1160. The molecule has 1 amide bonds. The summed E-state index contributed by atoms with van der Waals surface area (Å²) >= 11 is 0. The van der Waals surface area contributed by atoms with Crippen LogP contribution in [0.25, 0.3) is 0 Å². The maximum absolute atomic E-state index is 12.9. The van der Waals surface area contributed by atoms with E-state index < -0.39 is 0 Å². The highest BCUT2D eigenvalue weighted by Gasteiger charge is 2.12. The molecule has 1 heterocycles. The summed E-state index contributed by atoms with van der Waals surface area (Å²) in [6.07, 6.45) is 0.748. The molecule has 0 saturated carbocycles. The van der Waals surface area contributed by atoms with E-state index >= 15 is 0 Å². The third-order valence-corrected chi connectivity index (χ3v) is 5.16. The number of carbonyl (C=O) groups excluding carboxylic acids is 1. The van der Waals surface area contributed by atoms with Crippen LogP contribution in [0.3, 0.4) is 0 Å². The van der Waals surface area contributed by atoms with E-state index in [0.717, 1.165) is 34.7 Å². The maximum Gasteiger partial charge on any atom is 0.255 e. The Morgan fingerprint density at radius 2 is 1.74 bits per heavy atom. The third-order valence-electron chi connectivity index (χ3n) is 5.16. The van der Waals surface area contributed by atoms with Gasteiger partial charge in [0.2, 0.25) is 0 Å². The van der Waals surface area contributed by atoms with E-state index in [1.165, 1.54) is 5.56 Å². The topological polar surface area (TPSA) is 64.4 Å². The zero-order valence-electron chi connectivity index (χ0n) is 17.6. The van der Waals surface area contributed by atoms with Crippen LogP contribution in [-0.4, -0.2) is 11.1 Å². The first-order valence-corrected chi connectivity index (χ1v) is 10.2. The predicted octanol–water partition coefficient (Wildman–Crippen LogP) is 5.71. The summed E-state index contributed by atoms with van der Waals surface area (Å²) in [6, 6.07) is 25.2. The largest absolute Gasteiger partial charge is 0.489 e. The van der Waals surface area contributed by atoms with Crippen molar-refractivity contribution in [2.24, 2.45) is 0 Å². The van der Waals surface area contributed by atoms with Crippen molar-refractivity contribution in [1.82, 2.24) is 5.16 Å². The number of hydrogen-bond donors (Lipinski definition) is 1. The molecule has 1 N–H and O–H groups in total. The van der Waals surface area contributed by atoms with Gasteiger partial charge in [-0.3, -0.25) is 4.79 Å². The molecule has 1 aromatic heterocycles. The summed E-state index contributed by atoms with van der Waals surface area (Å²) in [5.41, 5.74) is 5.32. The molecule has 0 bridgehead atoms. The molecule has 4 rings (SSSR count). The van der Waals surface area contributed by atoms with Gasteiger partial charge in [0.1, 0.15) is 18.1 Å². The quantitative estimate of drug-likeness (QED) is 0.422. The first kappa shape index (κ1) is 20.4. The number of aryl methyl sites for hydroxylation is 2. The number of para-hydroxylation sites is 1. The van der Waals surface area contributed by atoms with Crippen LogP contribution in [0.15, 0.2) is 83.4 Å². The van der Waals surface area contributed by atoms with Gasteiger partial charge >= 0.3 is 0 Å². The van der Waals surface area contributed by atoms with E-state index in [4.69, 9.17) is 9.26 Å². The number of anilines is 1. The minimum absolute atomic E-state index is 0.177. The smallest absolute Gasteiger partial charge is 0.255 e. The Morgan fingerprint density at radius 3 is 2.52 bits per heavy atom. The van der Waals surface area contributed by atoms with Gasteiger partial charge in [0.05, 0.1) is 11.3 Å². The van der Waals surface area contributed by atoms with Crippen LogP contribution in [0.4, 0.5) is 5.69 Å². The summed E-state index contributed by atoms with van der Waals surface area (Å²) < 4.78 is 11.0. The number of benzene rings is 3. The Balaban J connectivity index is 1.46. The standard InChI is InChI=1S/C26H24N2O3/c1-18-24(19(2)31-28-18)17-30-23-13-8-12-22(16-23)26(29)27-25-14-7-6-11-21(25)15-20-9-4-3-5-10-20/h3-14,16H,15,17H2,1-2H3,(H,27,29). The van der Waals surface area contributed by atoms with Crippen LogP contribution in [0, 0.1) is 13.8 Å². The highest BCUT2D eigenvalue weighted by Crippen LogP contribution is 2.22. The van der Waals surface area contributed by atoms with Crippen molar-refractivity contribution in [2.75, 3.05) is 5.32 Å². The zero-order chi connectivity index (χ0) is 21.6. The Morgan fingerprint density at radius 1 is 0.968 bits per heavy atom. The van der Waals surface area contributed by atoms with Crippen molar-refractivity contribution in [3.05, 3.63) is 113 Å². The number of hydrogen-bond acceptors (Lipinski definition) is 4. The van der Waals surface area contributed by atoms with Gasteiger partial charge in [0.25, 0.3) is 5.91 Å². The van der Waals surface area contributed by atoms with Crippen molar-refractivity contribution in [3.63, 3.8) is 0 Å². The molecule has 31 heavy (non-hydrogen) atoms. The minimum Gasteiger partial charge on any atom is -0.489 e. The summed E-state index contributed by atoms with van der Waals surface area (Å²) in [6.45, 7) is 4.08. The Kier molecular flexibility index (Phi) is 6.13. The van der Waals surface area contributed by atoms with Crippen LogP contribution in [0.2, 0.25) is 0 Å². The summed E-state index contributed by atoms with van der Waals surface area (Å²) in [5.74, 6) is 1.18. The number of ether oxygens (including phenoxy) is 1. The van der Waals surface area contributed by atoms with Gasteiger partial charge in [-0.25, -0.2) is 0 Å². The highest BCUT2D eigenvalue weighted by molar-refractivity contribution is 6.04. The van der Waals surface area contributed by atoms with Gasteiger partial charge < -0.3 is 14.6 Å². The van der Waals surface area contributed by atoms with E-state index in [0.29, 0.717) is 17.9 Å². The van der Waals surface area contributed by atoms with E-state index in [1.54, 1.807) is 12.1 Å². The Hall–Kier alpha value is -3.86. The number of rotatable bonds is 7. The molecule has 0 saturated heterocycles. The minimum atomic E-state index is -0.177.